The lowest BCUT2D eigenvalue weighted by Crippen LogP contribution is -2.22. The van der Waals surface area contributed by atoms with Crippen LogP contribution < -0.4 is 10.1 Å². The van der Waals surface area contributed by atoms with Crippen LogP contribution in [0.4, 0.5) is 10.1 Å². The van der Waals surface area contributed by atoms with Crippen molar-refractivity contribution in [2.75, 3.05) is 17.6 Å². The minimum absolute atomic E-state index is 0.133. The molecule has 1 aliphatic rings. The third-order valence-electron chi connectivity index (χ3n) is 6.33. The quantitative estimate of drug-likeness (QED) is 0.331. The maximum atomic E-state index is 14.9. The van der Waals surface area contributed by atoms with Crippen LogP contribution in [0.1, 0.15) is 39.2 Å². The van der Waals surface area contributed by atoms with E-state index >= 15 is 0 Å². The van der Waals surface area contributed by atoms with Crippen molar-refractivity contribution in [2.45, 2.75) is 50.5 Å². The van der Waals surface area contributed by atoms with Crippen molar-refractivity contribution in [1.29, 1.82) is 0 Å². The van der Waals surface area contributed by atoms with E-state index < -0.39 is 15.5 Å². The topological polar surface area (TPSA) is 98.5 Å². The van der Waals surface area contributed by atoms with Crippen molar-refractivity contribution in [3.05, 3.63) is 72.4 Å². The molecule has 10 heteroatoms. The second kappa shape index (κ2) is 10.2. The molecule has 8 nitrogen and oxygen atoms in total. The first kappa shape index (κ1) is 25.8. The van der Waals surface area contributed by atoms with Crippen LogP contribution in [-0.4, -0.2) is 37.2 Å². The molecule has 1 unspecified atom stereocenters. The van der Waals surface area contributed by atoms with E-state index in [1.54, 1.807) is 35.4 Å². The van der Waals surface area contributed by atoms with E-state index in [-0.39, 0.29) is 29.2 Å². The Morgan fingerprint density at radius 2 is 2.00 bits per heavy atom. The molecule has 0 saturated carbocycles. The maximum Gasteiger partial charge on any atom is 0.228 e. The smallest absolute Gasteiger partial charge is 0.228 e. The van der Waals surface area contributed by atoms with Gasteiger partial charge in [0.1, 0.15) is 17.3 Å². The highest BCUT2D eigenvalue weighted by molar-refractivity contribution is 7.93. The predicted octanol–water partition coefficient (Wildman–Crippen LogP) is 5.92. The third-order valence-corrected chi connectivity index (χ3v) is 8.76. The van der Waals surface area contributed by atoms with Crippen LogP contribution in [0.25, 0.3) is 10.9 Å². The molecule has 0 fully saturated rings. The standard InChI is InChI=1S/C28H30FN5O3S/c1-28(2,3)34-18-20(17-31-34)33-27(35)14-19-6-7-21(15-24(19)29)37-26-10-12-30-25-9-8-22(16-23(25)26)38(36)13-5-4-11-32-38/h6-10,12,15-18H,4-5,11,13-14H2,1-3H3,(H,33,35). The number of nitrogens with zero attached hydrogens (tertiary/aromatic N) is 4. The highest BCUT2D eigenvalue weighted by Crippen LogP contribution is 2.32. The monoisotopic (exact) mass is 535 g/mol. The first-order valence-electron chi connectivity index (χ1n) is 12.5. The van der Waals surface area contributed by atoms with Gasteiger partial charge in [-0.05, 0) is 69.5 Å². The summed E-state index contributed by atoms with van der Waals surface area (Å²) in [6.45, 7) is 6.61. The summed E-state index contributed by atoms with van der Waals surface area (Å²) in [7, 11) is -2.46. The van der Waals surface area contributed by atoms with Crippen LogP contribution in [0.3, 0.4) is 0 Å². The van der Waals surface area contributed by atoms with E-state index in [1.807, 2.05) is 39.0 Å². The highest BCUT2D eigenvalue weighted by atomic mass is 32.2. The number of pyridine rings is 1. The summed E-state index contributed by atoms with van der Waals surface area (Å²) in [4.78, 5) is 17.6. The Labute approximate surface area is 221 Å². The number of hydrogen-bond acceptors (Lipinski definition) is 6. The average Bonchev–Trinajstić information content (AvgIpc) is 3.35. The Kier molecular flexibility index (Phi) is 6.92. The van der Waals surface area contributed by atoms with Crippen LogP contribution in [0.5, 0.6) is 11.5 Å². The molecule has 0 spiro atoms. The number of aromatic nitrogens is 3. The largest absolute Gasteiger partial charge is 0.456 e. The molecule has 1 N–H and O–H groups in total. The number of hydrogen-bond donors (Lipinski definition) is 1. The normalized spacial score (nSPS) is 17.7. The van der Waals surface area contributed by atoms with E-state index in [9.17, 15) is 13.4 Å². The first-order valence-corrected chi connectivity index (χ1v) is 14.2. The number of carbonyl (C=O) groups excluding carboxylic acids is 1. The van der Waals surface area contributed by atoms with Gasteiger partial charge in [-0.25, -0.2) is 13.0 Å². The molecule has 0 radical (unpaired) electrons. The molecule has 198 valence electrons. The number of amides is 1. The molecule has 38 heavy (non-hydrogen) atoms. The van der Waals surface area contributed by atoms with E-state index in [0.29, 0.717) is 39.5 Å². The molecule has 0 aliphatic carbocycles. The number of ether oxygens (including phenoxy) is 1. The molecule has 0 bridgehead atoms. The van der Waals surface area contributed by atoms with Crippen molar-refractivity contribution in [2.24, 2.45) is 4.36 Å². The summed E-state index contributed by atoms with van der Waals surface area (Å²) in [6.07, 6.45) is 6.62. The average molecular weight is 536 g/mol. The molecule has 4 aromatic rings. The van der Waals surface area contributed by atoms with E-state index in [1.165, 1.54) is 12.1 Å². The fourth-order valence-electron chi connectivity index (χ4n) is 4.26. The summed E-state index contributed by atoms with van der Waals surface area (Å²) >= 11 is 0. The molecule has 1 atom stereocenters. The van der Waals surface area contributed by atoms with Gasteiger partial charge < -0.3 is 10.1 Å². The molecule has 2 aromatic heterocycles. The first-order chi connectivity index (χ1) is 18.1. The van der Waals surface area contributed by atoms with E-state index in [0.717, 1.165) is 12.8 Å². The molecule has 1 aliphatic heterocycles. The van der Waals surface area contributed by atoms with Crippen LogP contribution in [-0.2, 0) is 26.5 Å². The van der Waals surface area contributed by atoms with Gasteiger partial charge in [0.15, 0.2) is 0 Å². The van der Waals surface area contributed by atoms with Crippen LogP contribution >= 0.6 is 0 Å². The van der Waals surface area contributed by atoms with Crippen LogP contribution in [0.2, 0.25) is 0 Å². The van der Waals surface area contributed by atoms with Gasteiger partial charge in [0, 0.05) is 41.0 Å². The van der Waals surface area contributed by atoms with E-state index in [2.05, 4.69) is 19.8 Å². The SMILES string of the molecule is CC(C)(C)n1cc(NC(=O)Cc2ccc(Oc3ccnc4ccc(S5(=O)=NCCCC5)cc34)cc2F)cn1. The van der Waals surface area contributed by atoms with Gasteiger partial charge >= 0.3 is 0 Å². The number of nitrogens with one attached hydrogen (secondary N) is 1. The zero-order valence-corrected chi connectivity index (χ0v) is 22.4. The summed E-state index contributed by atoms with van der Waals surface area (Å²) in [5, 5.41) is 7.70. The van der Waals surface area contributed by atoms with Gasteiger partial charge in [-0.15, -0.1) is 0 Å². The zero-order chi connectivity index (χ0) is 26.9. The number of benzene rings is 2. The van der Waals surface area contributed by atoms with Crippen molar-refractivity contribution in [3.63, 3.8) is 0 Å². The second-order valence-corrected chi connectivity index (χ2v) is 12.7. The highest BCUT2D eigenvalue weighted by Gasteiger charge is 2.19. The van der Waals surface area contributed by atoms with Gasteiger partial charge in [0.05, 0.1) is 39.1 Å². The summed E-state index contributed by atoms with van der Waals surface area (Å²) in [6, 6.07) is 11.5. The Balaban J connectivity index is 1.33. The molecular formula is C28H30FN5O3S. The third kappa shape index (κ3) is 5.55. The fraction of sp³-hybridized carbons (Fsp3) is 0.321. The lowest BCUT2D eigenvalue weighted by atomic mass is 10.1. The van der Waals surface area contributed by atoms with Gasteiger partial charge in [0.2, 0.25) is 5.91 Å². The van der Waals surface area contributed by atoms with Crippen molar-refractivity contribution < 1.29 is 18.1 Å². The molecular weight excluding hydrogens is 505 g/mol. The van der Waals surface area contributed by atoms with Gasteiger partial charge in [0.25, 0.3) is 0 Å². The Bertz CT molecular complexity index is 1630. The minimum Gasteiger partial charge on any atom is -0.456 e. The lowest BCUT2D eigenvalue weighted by molar-refractivity contribution is -0.115. The molecule has 0 saturated heterocycles. The van der Waals surface area contributed by atoms with Gasteiger partial charge in [-0.3, -0.25) is 14.5 Å². The number of fused-ring (bicyclic) bond motifs is 1. The second-order valence-electron chi connectivity index (χ2n) is 10.3. The predicted molar refractivity (Wildman–Crippen MR) is 146 cm³/mol. The maximum absolute atomic E-state index is 14.9. The van der Waals surface area contributed by atoms with Crippen molar-refractivity contribution >= 4 is 32.2 Å². The fourth-order valence-corrected chi connectivity index (χ4v) is 6.38. The van der Waals surface area contributed by atoms with Crippen molar-refractivity contribution in [3.8, 4) is 11.5 Å². The van der Waals surface area contributed by atoms with Crippen molar-refractivity contribution in [1.82, 2.24) is 14.8 Å². The summed E-state index contributed by atoms with van der Waals surface area (Å²) < 4.78 is 40.5. The lowest BCUT2D eigenvalue weighted by Gasteiger charge is -2.18. The number of anilines is 1. The molecule has 3 heterocycles. The van der Waals surface area contributed by atoms with Gasteiger partial charge in [-0.2, -0.15) is 5.10 Å². The van der Waals surface area contributed by atoms with Crippen LogP contribution in [0, 0.1) is 5.82 Å². The zero-order valence-electron chi connectivity index (χ0n) is 21.6. The minimum atomic E-state index is -2.46. The Hall–Kier alpha value is -3.79. The molecule has 1 amide bonds. The van der Waals surface area contributed by atoms with Gasteiger partial charge in [-0.1, -0.05) is 6.07 Å². The number of rotatable bonds is 6. The molecule has 5 rings (SSSR count). The summed E-state index contributed by atoms with van der Waals surface area (Å²) in [5.41, 5.74) is 1.26. The number of halogens is 1. The Morgan fingerprint density at radius 1 is 1.16 bits per heavy atom. The number of carbonyl (C=O) groups is 1. The molecule has 2 aromatic carbocycles. The summed E-state index contributed by atoms with van der Waals surface area (Å²) in [5.74, 6) is 0.389. The van der Waals surface area contributed by atoms with Crippen LogP contribution in [0.15, 0.2) is 70.3 Å². The Morgan fingerprint density at radius 3 is 2.71 bits per heavy atom. The van der Waals surface area contributed by atoms with E-state index in [4.69, 9.17) is 4.74 Å².